The molecule has 230 valence electrons. The lowest BCUT2D eigenvalue weighted by molar-refractivity contribution is -0.157. The summed E-state index contributed by atoms with van der Waals surface area (Å²) in [6.45, 7) is -0.535. The Hall–Kier alpha value is -5.21. The minimum Gasteiger partial charge on any atom is -0.442 e. The molecule has 4 rings (SSSR count). The van der Waals surface area contributed by atoms with Crippen molar-refractivity contribution in [3.63, 3.8) is 0 Å². The van der Waals surface area contributed by atoms with E-state index in [1.165, 1.54) is 0 Å². The predicted molar refractivity (Wildman–Crippen MR) is 167 cm³/mol. The molecule has 0 spiro atoms. The van der Waals surface area contributed by atoms with Crippen molar-refractivity contribution >= 4 is 58.4 Å². The Morgan fingerprint density at radius 3 is 1.75 bits per heavy atom. The van der Waals surface area contributed by atoms with E-state index in [-0.39, 0.29) is 11.5 Å². The largest absolute Gasteiger partial charge is 0.442 e. The van der Waals surface area contributed by atoms with Gasteiger partial charge in [0.2, 0.25) is 5.91 Å². The van der Waals surface area contributed by atoms with Crippen LogP contribution in [0, 0.1) is 0 Å². The molecular weight excluding hydrogens is 588 g/mol. The number of carbonyl (C=O) groups is 4. The van der Waals surface area contributed by atoms with E-state index in [2.05, 4.69) is 26.6 Å². The van der Waals surface area contributed by atoms with Gasteiger partial charge in [-0.2, -0.15) is 0 Å². The fraction of sp³-hybridized carbons (Fsp3) is 0.233. The summed E-state index contributed by atoms with van der Waals surface area (Å²) >= 11 is 5.49. The molecule has 0 saturated heterocycles. The molecule has 8 N–H and O–H groups in total. The molecule has 1 aliphatic rings. The van der Waals surface area contributed by atoms with E-state index in [0.717, 1.165) is 0 Å². The second-order valence-electron chi connectivity index (χ2n) is 9.96. The zero-order valence-corrected chi connectivity index (χ0v) is 24.2. The minimum absolute atomic E-state index is 0.0764. The molecule has 13 nitrogen and oxygen atoms in total. The quantitative estimate of drug-likeness (QED) is 0.175. The lowest BCUT2D eigenvalue weighted by Gasteiger charge is -2.44. The number of amides is 4. The maximum absolute atomic E-state index is 13.1. The SMILES string of the molecule is NC(=O)CNC(=O)C1(O)CC(NC(=S)Nc2ccccc2)C(OC(=O)Nc2ccccc2)C(OC(=O)Nc2ccccc2)C1. The van der Waals surface area contributed by atoms with E-state index in [1.807, 2.05) is 6.07 Å². The minimum atomic E-state index is -2.19. The number of para-hydroxylation sites is 3. The molecule has 1 saturated carbocycles. The Bertz CT molecular complexity index is 1400. The van der Waals surface area contributed by atoms with Gasteiger partial charge in [-0.05, 0) is 48.6 Å². The molecule has 1 fully saturated rings. The van der Waals surface area contributed by atoms with Gasteiger partial charge in [0.25, 0.3) is 5.91 Å². The van der Waals surface area contributed by atoms with Gasteiger partial charge in [0, 0.05) is 29.9 Å². The first-order valence-corrected chi connectivity index (χ1v) is 14.0. The van der Waals surface area contributed by atoms with Crippen molar-refractivity contribution in [1.82, 2.24) is 10.6 Å². The number of ether oxygens (including phenoxy) is 2. The average molecular weight is 621 g/mol. The van der Waals surface area contributed by atoms with Crippen molar-refractivity contribution in [2.45, 2.75) is 36.7 Å². The molecule has 4 amide bonds. The summed E-state index contributed by atoms with van der Waals surface area (Å²) in [6, 6.07) is 24.9. The van der Waals surface area contributed by atoms with Crippen LogP contribution in [-0.4, -0.2) is 64.6 Å². The summed E-state index contributed by atoms with van der Waals surface area (Å²) in [5.41, 5.74) is 4.49. The first-order valence-electron chi connectivity index (χ1n) is 13.6. The van der Waals surface area contributed by atoms with Crippen molar-refractivity contribution in [1.29, 1.82) is 0 Å². The Labute approximate surface area is 258 Å². The number of aliphatic hydroxyl groups is 1. The molecule has 0 radical (unpaired) electrons. The second-order valence-corrected chi connectivity index (χ2v) is 10.4. The second kappa shape index (κ2) is 14.8. The summed E-state index contributed by atoms with van der Waals surface area (Å²) in [4.78, 5) is 50.5. The number of rotatable bonds is 9. The van der Waals surface area contributed by atoms with Gasteiger partial charge in [-0.3, -0.25) is 20.2 Å². The van der Waals surface area contributed by atoms with Gasteiger partial charge in [-0.15, -0.1) is 0 Å². The fourth-order valence-electron chi connectivity index (χ4n) is 4.64. The van der Waals surface area contributed by atoms with Crippen LogP contribution in [0.2, 0.25) is 0 Å². The van der Waals surface area contributed by atoms with E-state index in [9.17, 15) is 24.3 Å². The fourth-order valence-corrected chi connectivity index (χ4v) is 4.91. The van der Waals surface area contributed by atoms with E-state index >= 15 is 0 Å². The Kier molecular flexibility index (Phi) is 10.7. The molecule has 3 aromatic rings. The van der Waals surface area contributed by atoms with Crippen molar-refractivity contribution < 1.29 is 33.8 Å². The molecular formula is C30H32N6O7S. The highest BCUT2D eigenvalue weighted by molar-refractivity contribution is 7.80. The highest BCUT2D eigenvalue weighted by Gasteiger charge is 2.53. The first kappa shape index (κ1) is 31.7. The number of thiocarbonyl (C=S) groups is 1. The first-order chi connectivity index (χ1) is 21.1. The summed E-state index contributed by atoms with van der Waals surface area (Å²) < 4.78 is 11.4. The smallest absolute Gasteiger partial charge is 0.412 e. The molecule has 44 heavy (non-hydrogen) atoms. The molecule has 0 heterocycles. The van der Waals surface area contributed by atoms with Gasteiger partial charge in [-0.1, -0.05) is 54.6 Å². The molecule has 0 aromatic heterocycles. The number of nitrogens with one attached hydrogen (secondary N) is 5. The molecule has 1 aliphatic carbocycles. The maximum atomic E-state index is 13.1. The third-order valence-corrected chi connectivity index (χ3v) is 6.82. The van der Waals surface area contributed by atoms with Crippen LogP contribution >= 0.6 is 12.2 Å². The Balaban J connectivity index is 1.62. The van der Waals surface area contributed by atoms with Gasteiger partial charge in [0.15, 0.2) is 11.2 Å². The average Bonchev–Trinajstić information content (AvgIpc) is 2.99. The Morgan fingerprint density at radius 1 is 0.773 bits per heavy atom. The molecule has 4 unspecified atom stereocenters. The summed E-state index contributed by atoms with van der Waals surface area (Å²) in [5.74, 6) is -1.76. The number of nitrogens with two attached hydrogens (primary N) is 1. The van der Waals surface area contributed by atoms with Gasteiger partial charge >= 0.3 is 12.2 Å². The van der Waals surface area contributed by atoms with Gasteiger partial charge in [0.05, 0.1) is 12.6 Å². The van der Waals surface area contributed by atoms with Crippen LogP contribution in [-0.2, 0) is 19.1 Å². The molecule has 0 aliphatic heterocycles. The van der Waals surface area contributed by atoms with Gasteiger partial charge < -0.3 is 36.3 Å². The highest BCUT2D eigenvalue weighted by Crippen LogP contribution is 2.34. The third-order valence-electron chi connectivity index (χ3n) is 6.60. The molecule has 3 aromatic carbocycles. The number of hydrogen-bond donors (Lipinski definition) is 7. The lowest BCUT2D eigenvalue weighted by atomic mass is 9.77. The van der Waals surface area contributed by atoms with Crippen LogP contribution in [0.1, 0.15) is 12.8 Å². The lowest BCUT2D eigenvalue weighted by Crippen LogP contribution is -2.65. The summed E-state index contributed by atoms with van der Waals surface area (Å²) in [6.07, 6.45) is -5.26. The van der Waals surface area contributed by atoms with Crippen LogP contribution in [0.4, 0.5) is 26.7 Å². The van der Waals surface area contributed by atoms with E-state index in [4.69, 9.17) is 27.4 Å². The molecule has 4 atom stereocenters. The topological polar surface area (TPSA) is 193 Å². The van der Waals surface area contributed by atoms with Gasteiger partial charge in [-0.25, -0.2) is 9.59 Å². The van der Waals surface area contributed by atoms with Crippen molar-refractivity contribution in [3.8, 4) is 0 Å². The Morgan fingerprint density at radius 2 is 1.25 bits per heavy atom. The third kappa shape index (κ3) is 9.14. The van der Waals surface area contributed by atoms with Crippen molar-refractivity contribution in [3.05, 3.63) is 91.0 Å². The van der Waals surface area contributed by atoms with Crippen molar-refractivity contribution in [2.24, 2.45) is 5.73 Å². The maximum Gasteiger partial charge on any atom is 0.412 e. The number of primary amides is 1. The molecule has 14 heteroatoms. The van der Waals surface area contributed by atoms with Crippen molar-refractivity contribution in [2.75, 3.05) is 22.5 Å². The highest BCUT2D eigenvalue weighted by atomic mass is 32.1. The normalized spacial score (nSPS) is 20.7. The number of carbonyl (C=O) groups excluding carboxylic acids is 4. The van der Waals surface area contributed by atoms with Gasteiger partial charge in [0.1, 0.15) is 11.7 Å². The van der Waals surface area contributed by atoms with Crippen LogP contribution in [0.3, 0.4) is 0 Å². The van der Waals surface area contributed by atoms with Crippen LogP contribution in [0.25, 0.3) is 0 Å². The monoisotopic (exact) mass is 620 g/mol. The van der Waals surface area contributed by atoms with E-state index in [0.29, 0.717) is 17.1 Å². The number of anilines is 3. The zero-order valence-electron chi connectivity index (χ0n) is 23.4. The van der Waals surface area contributed by atoms with E-state index < -0.39 is 60.8 Å². The van der Waals surface area contributed by atoms with E-state index in [1.54, 1.807) is 84.9 Å². The standard InChI is InChI=1S/C30H32N6O7S/c31-24(37)18-32-26(38)30(41)16-22(36-27(44)33-19-10-4-1-5-11-19)25(43-29(40)35-21-14-8-3-9-15-21)23(17-30)42-28(39)34-20-12-6-2-7-13-20/h1-15,22-23,25,41H,16-18H2,(H2,31,37)(H,32,38)(H,34,39)(H,35,40)(H2,33,36,44). The zero-order chi connectivity index (χ0) is 31.5. The summed E-state index contributed by atoms with van der Waals surface area (Å²) in [5, 5.41) is 25.1. The van der Waals surface area contributed by atoms with Crippen LogP contribution in [0.15, 0.2) is 91.0 Å². The number of benzene rings is 3. The van der Waals surface area contributed by atoms with Crippen LogP contribution < -0.4 is 32.3 Å². The number of hydrogen-bond acceptors (Lipinski definition) is 8. The summed E-state index contributed by atoms with van der Waals surface area (Å²) in [7, 11) is 0. The van der Waals surface area contributed by atoms with Crippen LogP contribution in [0.5, 0.6) is 0 Å². The molecule has 0 bridgehead atoms. The predicted octanol–water partition coefficient (Wildman–Crippen LogP) is 2.70.